The van der Waals surface area contributed by atoms with Crippen molar-refractivity contribution in [2.24, 2.45) is 0 Å². The largest absolute Gasteiger partial charge is 0.490 e. The molecule has 0 bridgehead atoms. The standard InChI is InChI=1S/C42H33F15O11/c1-2-19-62-25-13-11-24(12-14-25)34(60)66-27-17-9-23(10-18-27)22-7-15-26(16-8-22)65-30(58)5-3-4-6-31(59)67-28-20-63-33-29(21-64-32(28)33)68-35(61)36(43,44)37(45,46)38(47,48)39(49,50)40(51,52)41(53,54)42(55,56)57/h2,7-18,28-29,32-33H,1,3-6,19-21H2/t28-,29+,32-,33-/m0/s1. The molecule has 2 aliphatic heterocycles. The van der Waals surface area contributed by atoms with Crippen molar-refractivity contribution in [3.05, 3.63) is 91.0 Å². The lowest BCUT2D eigenvalue weighted by Gasteiger charge is -2.41. The van der Waals surface area contributed by atoms with E-state index in [2.05, 4.69) is 11.3 Å². The molecule has 0 aromatic heterocycles. The molecule has 0 aliphatic carbocycles. The lowest BCUT2D eigenvalue weighted by Crippen LogP contribution is -2.73. The molecule has 0 saturated carbocycles. The average molecular weight is 999 g/mol. The highest BCUT2D eigenvalue weighted by Gasteiger charge is 2.94. The predicted molar refractivity (Wildman–Crippen MR) is 198 cm³/mol. The van der Waals surface area contributed by atoms with E-state index in [9.17, 15) is 85.0 Å². The summed E-state index contributed by atoms with van der Waals surface area (Å²) >= 11 is 0. The summed E-state index contributed by atoms with van der Waals surface area (Å²) in [6, 6.07) is 19.2. The van der Waals surface area contributed by atoms with Gasteiger partial charge in [-0.05, 0) is 72.5 Å². The fraction of sp³-hybridized carbons (Fsp3) is 0.429. The highest BCUT2D eigenvalue weighted by molar-refractivity contribution is 5.91. The van der Waals surface area contributed by atoms with Gasteiger partial charge in [-0.2, -0.15) is 65.9 Å². The molecule has 372 valence electrons. The van der Waals surface area contributed by atoms with Gasteiger partial charge < -0.3 is 33.2 Å². The summed E-state index contributed by atoms with van der Waals surface area (Å²) in [5, 5.41) is 0. The Balaban J connectivity index is 1.04. The van der Waals surface area contributed by atoms with Gasteiger partial charge in [-0.1, -0.05) is 36.9 Å². The van der Waals surface area contributed by atoms with Crippen LogP contribution in [0.3, 0.4) is 0 Å². The Labute approximate surface area is 373 Å². The number of esters is 4. The van der Waals surface area contributed by atoms with E-state index in [1.807, 2.05) is 0 Å². The third-order valence-corrected chi connectivity index (χ3v) is 10.0. The van der Waals surface area contributed by atoms with Gasteiger partial charge in [0.05, 0.1) is 18.8 Å². The number of hydrogen-bond donors (Lipinski definition) is 0. The molecule has 0 radical (unpaired) electrons. The van der Waals surface area contributed by atoms with E-state index >= 15 is 0 Å². The Bertz CT molecular complexity index is 2290. The zero-order valence-electron chi connectivity index (χ0n) is 34.1. The molecular formula is C42H33F15O11. The number of unbranched alkanes of at least 4 members (excludes halogenated alkanes) is 1. The van der Waals surface area contributed by atoms with Crippen molar-refractivity contribution in [1.29, 1.82) is 0 Å². The SMILES string of the molecule is C=CCOc1ccc(C(=O)Oc2ccc(-c3ccc(OC(=O)CCCCC(=O)O[C@H]4CO[C@@H]5[C@H]4OC[C@H]5OC(=O)C(F)(F)C(F)(F)C(F)(F)C(F)(F)C(F)(F)C(F)(F)C(F)(F)F)cc3)cc2)cc1. The van der Waals surface area contributed by atoms with Gasteiger partial charge >= 0.3 is 65.6 Å². The molecule has 0 N–H and O–H groups in total. The summed E-state index contributed by atoms with van der Waals surface area (Å²) in [4.78, 5) is 49.4. The van der Waals surface area contributed by atoms with Gasteiger partial charge in [-0.15, -0.1) is 0 Å². The first-order chi connectivity index (χ1) is 31.5. The Hall–Kier alpha value is -6.05. The van der Waals surface area contributed by atoms with Gasteiger partial charge in [0.15, 0.2) is 12.2 Å². The molecule has 26 heteroatoms. The zero-order valence-corrected chi connectivity index (χ0v) is 34.1. The molecule has 11 nitrogen and oxygen atoms in total. The Morgan fingerprint density at radius 3 is 1.46 bits per heavy atom. The molecule has 0 amide bonds. The van der Waals surface area contributed by atoms with Crippen molar-refractivity contribution in [3.63, 3.8) is 0 Å². The van der Waals surface area contributed by atoms with Crippen LogP contribution in [-0.4, -0.2) is 110 Å². The minimum absolute atomic E-state index is 0.0189. The average Bonchev–Trinajstić information content (AvgIpc) is 3.86. The van der Waals surface area contributed by atoms with Crippen LogP contribution >= 0.6 is 0 Å². The molecule has 3 aromatic rings. The van der Waals surface area contributed by atoms with Gasteiger partial charge in [-0.3, -0.25) is 9.59 Å². The van der Waals surface area contributed by atoms with Crippen LogP contribution in [0, 0.1) is 0 Å². The van der Waals surface area contributed by atoms with E-state index in [-0.39, 0.29) is 37.2 Å². The maximum atomic E-state index is 14.4. The smallest absolute Gasteiger partial charge is 0.460 e. The number of benzene rings is 3. The Morgan fingerprint density at radius 2 is 0.971 bits per heavy atom. The van der Waals surface area contributed by atoms with E-state index < -0.39 is 103 Å². The van der Waals surface area contributed by atoms with E-state index in [0.29, 0.717) is 23.5 Å². The summed E-state index contributed by atoms with van der Waals surface area (Å²) in [7, 11) is 0. The van der Waals surface area contributed by atoms with Crippen molar-refractivity contribution in [3.8, 4) is 28.4 Å². The first-order valence-electron chi connectivity index (χ1n) is 19.4. The van der Waals surface area contributed by atoms with Crippen molar-refractivity contribution < 1.29 is 118 Å². The predicted octanol–water partition coefficient (Wildman–Crippen LogP) is 9.60. The number of rotatable bonds is 20. The quantitative estimate of drug-likeness (QED) is 0.0353. The Morgan fingerprint density at radius 1 is 0.544 bits per heavy atom. The van der Waals surface area contributed by atoms with Gasteiger partial charge in [0.1, 0.15) is 36.1 Å². The van der Waals surface area contributed by atoms with Crippen molar-refractivity contribution in [1.82, 2.24) is 0 Å². The number of hydrogen-bond acceptors (Lipinski definition) is 11. The number of ether oxygens (including phenoxy) is 7. The summed E-state index contributed by atoms with van der Waals surface area (Å²) in [6.07, 6.45) is -13.7. The summed E-state index contributed by atoms with van der Waals surface area (Å²) in [6.45, 7) is 2.09. The number of carbonyl (C=O) groups is 4. The molecule has 2 aliphatic rings. The lowest BCUT2D eigenvalue weighted by molar-refractivity contribution is -0.450. The van der Waals surface area contributed by atoms with Gasteiger partial charge in [0.25, 0.3) is 0 Å². The topological polar surface area (TPSA) is 133 Å². The molecule has 2 fully saturated rings. The third-order valence-electron chi connectivity index (χ3n) is 10.0. The van der Waals surface area contributed by atoms with Crippen molar-refractivity contribution in [2.75, 3.05) is 19.8 Å². The summed E-state index contributed by atoms with van der Waals surface area (Å²) < 4.78 is 238. The lowest BCUT2D eigenvalue weighted by atomic mass is 9.91. The van der Waals surface area contributed by atoms with Crippen LogP contribution in [0.4, 0.5) is 65.9 Å². The van der Waals surface area contributed by atoms with Crippen LogP contribution in [0.2, 0.25) is 0 Å². The van der Waals surface area contributed by atoms with Crippen LogP contribution in [-0.2, 0) is 33.3 Å². The minimum Gasteiger partial charge on any atom is -0.490 e. The third kappa shape index (κ3) is 10.5. The van der Waals surface area contributed by atoms with Crippen LogP contribution < -0.4 is 14.2 Å². The van der Waals surface area contributed by atoms with Crippen LogP contribution in [0.1, 0.15) is 36.0 Å². The Kier molecular flexibility index (Phi) is 15.5. The second-order valence-corrected chi connectivity index (χ2v) is 14.8. The number of fused-ring (bicyclic) bond motifs is 1. The first kappa shape index (κ1) is 52.9. The van der Waals surface area contributed by atoms with Crippen LogP contribution in [0.15, 0.2) is 85.5 Å². The minimum atomic E-state index is -8.59. The molecule has 2 saturated heterocycles. The zero-order chi connectivity index (χ0) is 50.7. The van der Waals surface area contributed by atoms with Crippen molar-refractivity contribution >= 4 is 23.9 Å². The number of alkyl halides is 15. The molecule has 4 atom stereocenters. The van der Waals surface area contributed by atoms with Crippen LogP contribution in [0.25, 0.3) is 11.1 Å². The van der Waals surface area contributed by atoms with E-state index in [1.165, 1.54) is 12.1 Å². The van der Waals surface area contributed by atoms with Gasteiger partial charge in [0.2, 0.25) is 0 Å². The number of carbonyl (C=O) groups excluding carboxylic acids is 4. The highest BCUT2D eigenvalue weighted by Crippen LogP contribution is 2.62. The van der Waals surface area contributed by atoms with E-state index in [4.69, 9.17) is 28.4 Å². The maximum absolute atomic E-state index is 14.4. The van der Waals surface area contributed by atoms with Gasteiger partial charge in [-0.25, -0.2) is 9.59 Å². The van der Waals surface area contributed by atoms with Crippen LogP contribution in [0.5, 0.6) is 17.2 Å². The molecule has 2 heterocycles. The van der Waals surface area contributed by atoms with Gasteiger partial charge in [0, 0.05) is 12.8 Å². The van der Waals surface area contributed by atoms with E-state index in [1.54, 1.807) is 66.7 Å². The normalized spacial score (nSPS) is 19.2. The molecule has 3 aromatic carbocycles. The molecule has 0 spiro atoms. The van der Waals surface area contributed by atoms with Crippen molar-refractivity contribution in [2.45, 2.75) is 91.8 Å². The summed E-state index contributed by atoms with van der Waals surface area (Å²) in [5.74, 6) is -54.3. The fourth-order valence-corrected chi connectivity index (χ4v) is 6.33. The first-order valence-corrected chi connectivity index (χ1v) is 19.4. The molecule has 68 heavy (non-hydrogen) atoms. The van der Waals surface area contributed by atoms with E-state index in [0.717, 1.165) is 5.56 Å². The fourth-order valence-electron chi connectivity index (χ4n) is 6.33. The molecule has 0 unspecified atom stereocenters. The molecular weight excluding hydrogens is 965 g/mol. The monoisotopic (exact) mass is 998 g/mol. The number of halogens is 15. The second-order valence-electron chi connectivity index (χ2n) is 14.8. The molecule has 5 rings (SSSR count). The summed E-state index contributed by atoms with van der Waals surface area (Å²) in [5.41, 5.74) is 1.75. The second kappa shape index (κ2) is 19.9. The maximum Gasteiger partial charge on any atom is 0.460 e. The highest BCUT2D eigenvalue weighted by atomic mass is 19.4.